The fourth-order valence-electron chi connectivity index (χ4n) is 3.69. The predicted octanol–water partition coefficient (Wildman–Crippen LogP) is 5.30. The Morgan fingerprint density at radius 2 is 1.93 bits per heavy atom. The molecule has 4 heteroatoms. The van der Waals surface area contributed by atoms with Gasteiger partial charge >= 0.3 is 5.97 Å². The molecule has 4 nitrogen and oxygen atoms in total. The summed E-state index contributed by atoms with van der Waals surface area (Å²) < 4.78 is 7.53. The van der Waals surface area contributed by atoms with Gasteiger partial charge in [0.1, 0.15) is 5.75 Å². The van der Waals surface area contributed by atoms with Gasteiger partial charge in [-0.15, -0.1) is 6.58 Å². The van der Waals surface area contributed by atoms with Crippen LogP contribution in [0.4, 0.5) is 0 Å². The fraction of sp³-hybridized carbons (Fsp3) is 0.292. The van der Waals surface area contributed by atoms with E-state index in [-0.39, 0.29) is 0 Å². The van der Waals surface area contributed by atoms with Crippen molar-refractivity contribution in [2.75, 3.05) is 7.11 Å². The zero-order chi connectivity index (χ0) is 20.1. The Balaban J connectivity index is 1.94. The first-order valence-corrected chi connectivity index (χ1v) is 9.60. The second-order valence-corrected chi connectivity index (χ2v) is 7.15. The molecule has 0 aliphatic carbocycles. The van der Waals surface area contributed by atoms with Crippen LogP contribution in [-0.2, 0) is 17.8 Å². The molecule has 1 N–H and O–H groups in total. The number of carboxylic acid groups (broad SMARTS) is 1. The van der Waals surface area contributed by atoms with Gasteiger partial charge in [0, 0.05) is 17.8 Å². The summed E-state index contributed by atoms with van der Waals surface area (Å²) in [5.74, 6) is 0.0318. The second kappa shape index (κ2) is 8.34. The number of carboxylic acids is 1. The van der Waals surface area contributed by atoms with Crippen LogP contribution in [0.2, 0.25) is 0 Å². The minimum Gasteiger partial charge on any atom is -0.497 e. The van der Waals surface area contributed by atoms with E-state index < -0.39 is 11.4 Å². The fourth-order valence-corrected chi connectivity index (χ4v) is 3.69. The van der Waals surface area contributed by atoms with Crippen LogP contribution in [-0.4, -0.2) is 22.8 Å². The molecular weight excluding hydrogens is 350 g/mol. The first-order chi connectivity index (χ1) is 13.5. The Kier molecular flexibility index (Phi) is 5.88. The van der Waals surface area contributed by atoms with Gasteiger partial charge in [-0.3, -0.25) is 4.79 Å². The molecule has 0 bridgehead atoms. The number of aromatic nitrogens is 1. The molecule has 1 heterocycles. The van der Waals surface area contributed by atoms with Crippen LogP contribution in [0.1, 0.15) is 31.0 Å². The summed E-state index contributed by atoms with van der Waals surface area (Å²) in [6.07, 6.45) is 3.33. The van der Waals surface area contributed by atoms with Crippen molar-refractivity contribution in [3.8, 4) is 5.75 Å². The molecule has 2 aromatic carbocycles. The smallest absolute Gasteiger partial charge is 0.313 e. The number of fused-ring (bicyclic) bond motifs is 1. The summed E-state index contributed by atoms with van der Waals surface area (Å²) in [6, 6.07) is 18.5. The SMILES string of the molecule is C=C[C@@](CC)(CCc1cc2ccccc2n1Cc1ccc(OC)cc1)C(=O)O. The van der Waals surface area contributed by atoms with Gasteiger partial charge in [0.05, 0.1) is 12.5 Å². The van der Waals surface area contributed by atoms with E-state index in [1.54, 1.807) is 13.2 Å². The number of ether oxygens (including phenoxy) is 1. The van der Waals surface area contributed by atoms with E-state index in [2.05, 4.69) is 41.5 Å². The van der Waals surface area contributed by atoms with Gasteiger partial charge in [0.15, 0.2) is 0 Å². The number of methoxy groups -OCH3 is 1. The van der Waals surface area contributed by atoms with E-state index in [1.807, 2.05) is 31.2 Å². The van der Waals surface area contributed by atoms with Gasteiger partial charge in [0.25, 0.3) is 0 Å². The van der Waals surface area contributed by atoms with Crippen molar-refractivity contribution < 1.29 is 14.6 Å². The number of hydrogen-bond donors (Lipinski definition) is 1. The monoisotopic (exact) mass is 377 g/mol. The Bertz CT molecular complexity index is 971. The quantitative estimate of drug-likeness (QED) is 0.515. The van der Waals surface area contributed by atoms with Crippen molar-refractivity contribution in [3.63, 3.8) is 0 Å². The molecule has 0 radical (unpaired) electrons. The van der Waals surface area contributed by atoms with Gasteiger partial charge in [-0.2, -0.15) is 0 Å². The highest BCUT2D eigenvalue weighted by molar-refractivity contribution is 5.81. The molecule has 0 spiro atoms. The molecule has 0 aliphatic rings. The first kappa shape index (κ1) is 19.7. The van der Waals surface area contributed by atoms with Crippen LogP contribution in [0, 0.1) is 5.41 Å². The molecule has 0 aliphatic heterocycles. The minimum atomic E-state index is -0.888. The number of carbonyl (C=O) groups is 1. The third-order valence-electron chi connectivity index (χ3n) is 5.67. The molecule has 0 fully saturated rings. The molecule has 0 amide bonds. The lowest BCUT2D eigenvalue weighted by Crippen LogP contribution is -2.28. The van der Waals surface area contributed by atoms with Crippen molar-refractivity contribution in [2.24, 2.45) is 5.41 Å². The summed E-state index contributed by atoms with van der Waals surface area (Å²) in [7, 11) is 1.66. The molecule has 0 unspecified atom stereocenters. The molecule has 146 valence electrons. The van der Waals surface area contributed by atoms with Crippen LogP contribution < -0.4 is 4.74 Å². The summed E-state index contributed by atoms with van der Waals surface area (Å²) in [5.41, 5.74) is 2.58. The second-order valence-electron chi connectivity index (χ2n) is 7.15. The van der Waals surface area contributed by atoms with Crippen LogP contribution in [0.5, 0.6) is 5.75 Å². The summed E-state index contributed by atoms with van der Waals surface area (Å²) in [4.78, 5) is 11.8. The number of benzene rings is 2. The van der Waals surface area contributed by atoms with Crippen molar-refractivity contribution in [3.05, 3.63) is 78.5 Å². The van der Waals surface area contributed by atoms with Crippen LogP contribution in [0.15, 0.2) is 67.3 Å². The van der Waals surface area contributed by atoms with Gasteiger partial charge in [-0.05, 0) is 54.5 Å². The normalized spacial score (nSPS) is 13.2. The topological polar surface area (TPSA) is 51.5 Å². The molecule has 0 saturated carbocycles. The maximum atomic E-state index is 11.8. The molecular formula is C24H27NO3. The molecule has 1 atom stereocenters. The minimum absolute atomic E-state index is 0.529. The van der Waals surface area contributed by atoms with Crippen molar-refractivity contribution in [1.29, 1.82) is 0 Å². The van der Waals surface area contributed by atoms with E-state index in [0.29, 0.717) is 19.3 Å². The number of nitrogens with zero attached hydrogens (tertiary/aromatic N) is 1. The highest BCUT2D eigenvalue weighted by Gasteiger charge is 2.33. The predicted molar refractivity (Wildman–Crippen MR) is 113 cm³/mol. The number of aryl methyl sites for hydroxylation is 1. The first-order valence-electron chi connectivity index (χ1n) is 9.60. The Labute approximate surface area is 166 Å². The molecule has 3 aromatic rings. The zero-order valence-electron chi connectivity index (χ0n) is 16.5. The highest BCUT2D eigenvalue weighted by Crippen LogP contribution is 2.32. The van der Waals surface area contributed by atoms with E-state index in [1.165, 1.54) is 10.9 Å². The van der Waals surface area contributed by atoms with Crippen molar-refractivity contribution in [1.82, 2.24) is 4.57 Å². The van der Waals surface area contributed by atoms with Crippen LogP contribution >= 0.6 is 0 Å². The maximum Gasteiger partial charge on any atom is 0.313 e. The van der Waals surface area contributed by atoms with Gasteiger partial charge in [-0.1, -0.05) is 43.3 Å². The lowest BCUT2D eigenvalue weighted by molar-refractivity contribution is -0.146. The molecule has 1 aromatic heterocycles. The third-order valence-corrected chi connectivity index (χ3v) is 5.67. The lowest BCUT2D eigenvalue weighted by Gasteiger charge is -2.24. The lowest BCUT2D eigenvalue weighted by atomic mass is 9.80. The Morgan fingerprint density at radius 1 is 1.21 bits per heavy atom. The Hall–Kier alpha value is -3.01. The number of rotatable bonds is 9. The average Bonchev–Trinajstić information content (AvgIpc) is 3.07. The van der Waals surface area contributed by atoms with Gasteiger partial charge in [0.2, 0.25) is 0 Å². The average molecular weight is 377 g/mol. The Morgan fingerprint density at radius 3 is 2.54 bits per heavy atom. The van der Waals surface area contributed by atoms with Gasteiger partial charge in [-0.25, -0.2) is 0 Å². The zero-order valence-corrected chi connectivity index (χ0v) is 16.5. The van der Waals surface area contributed by atoms with E-state index in [9.17, 15) is 9.90 Å². The summed E-state index contributed by atoms with van der Waals surface area (Å²) in [6.45, 7) is 6.42. The van der Waals surface area contributed by atoms with Crippen molar-refractivity contribution in [2.45, 2.75) is 32.7 Å². The van der Waals surface area contributed by atoms with Gasteiger partial charge < -0.3 is 14.4 Å². The molecule has 28 heavy (non-hydrogen) atoms. The van der Waals surface area contributed by atoms with Crippen LogP contribution in [0.25, 0.3) is 10.9 Å². The summed E-state index contributed by atoms with van der Waals surface area (Å²) in [5, 5.41) is 10.9. The summed E-state index contributed by atoms with van der Waals surface area (Å²) >= 11 is 0. The van der Waals surface area contributed by atoms with Crippen LogP contribution in [0.3, 0.4) is 0 Å². The maximum absolute atomic E-state index is 11.8. The standard InChI is InChI=1S/C24H27NO3/c1-4-24(5-2,23(26)27)15-14-20-16-19-8-6-7-9-22(19)25(20)17-18-10-12-21(28-3)13-11-18/h4,6-13,16H,1,5,14-15,17H2,2-3H3,(H,26,27)/t24-/m1/s1. The third kappa shape index (κ3) is 3.81. The van der Waals surface area contributed by atoms with E-state index in [4.69, 9.17) is 4.74 Å². The van der Waals surface area contributed by atoms with E-state index >= 15 is 0 Å². The molecule has 3 rings (SSSR count). The molecule has 0 saturated heterocycles. The largest absolute Gasteiger partial charge is 0.497 e. The number of aliphatic carboxylic acids is 1. The highest BCUT2D eigenvalue weighted by atomic mass is 16.5. The van der Waals surface area contributed by atoms with E-state index in [0.717, 1.165) is 23.5 Å². The number of hydrogen-bond acceptors (Lipinski definition) is 2. The van der Waals surface area contributed by atoms with Crippen molar-refractivity contribution >= 4 is 16.9 Å². The number of para-hydroxylation sites is 1.